The highest BCUT2D eigenvalue weighted by Crippen LogP contribution is 2.19. The van der Waals surface area contributed by atoms with Gasteiger partial charge in [0, 0.05) is 18.8 Å². The molecule has 1 atom stereocenters. The van der Waals surface area contributed by atoms with E-state index in [1.54, 1.807) is 12.1 Å². The molecule has 1 unspecified atom stereocenters. The number of anilines is 1. The van der Waals surface area contributed by atoms with Crippen molar-refractivity contribution in [1.29, 1.82) is 0 Å². The lowest BCUT2D eigenvalue weighted by Gasteiger charge is -2.30. The molecule has 0 aliphatic carbocycles. The average Bonchev–Trinajstić information content (AvgIpc) is 2.27. The van der Waals surface area contributed by atoms with Crippen molar-refractivity contribution in [2.45, 2.75) is 26.8 Å². The number of carboxylic acids is 1. The molecule has 0 amide bonds. The van der Waals surface area contributed by atoms with Crippen LogP contribution in [0.2, 0.25) is 0 Å². The number of rotatable bonds is 4. The van der Waals surface area contributed by atoms with E-state index in [1.165, 1.54) is 0 Å². The van der Waals surface area contributed by atoms with Gasteiger partial charge in [0.05, 0.1) is 5.56 Å². The molecule has 0 fully saturated rings. The van der Waals surface area contributed by atoms with Gasteiger partial charge in [0.1, 0.15) is 0 Å². The Morgan fingerprint density at radius 3 is 2.06 bits per heavy atom. The fraction of sp³-hybridized carbons (Fsp3) is 0.462. The summed E-state index contributed by atoms with van der Waals surface area (Å²) < 4.78 is 0. The summed E-state index contributed by atoms with van der Waals surface area (Å²) in [5.41, 5.74) is 1.38. The Morgan fingerprint density at radius 1 is 1.19 bits per heavy atom. The lowest BCUT2D eigenvalue weighted by Crippen LogP contribution is -2.33. The predicted molar refractivity (Wildman–Crippen MR) is 66.1 cm³/mol. The van der Waals surface area contributed by atoms with Gasteiger partial charge in [-0.15, -0.1) is 0 Å². The third kappa shape index (κ3) is 2.75. The van der Waals surface area contributed by atoms with E-state index in [-0.39, 0.29) is 0 Å². The minimum Gasteiger partial charge on any atom is -0.478 e. The molecule has 16 heavy (non-hydrogen) atoms. The predicted octanol–water partition coefficient (Wildman–Crippen LogP) is 2.87. The van der Waals surface area contributed by atoms with E-state index in [2.05, 4.69) is 25.7 Å². The van der Waals surface area contributed by atoms with E-state index >= 15 is 0 Å². The van der Waals surface area contributed by atoms with Gasteiger partial charge in [0.25, 0.3) is 0 Å². The van der Waals surface area contributed by atoms with Crippen LogP contribution < -0.4 is 4.90 Å². The second kappa shape index (κ2) is 5.01. The molecule has 0 saturated heterocycles. The van der Waals surface area contributed by atoms with Gasteiger partial charge < -0.3 is 10.0 Å². The Morgan fingerprint density at radius 2 is 1.69 bits per heavy atom. The first-order chi connectivity index (χ1) is 7.43. The Kier molecular flexibility index (Phi) is 3.93. The average molecular weight is 221 g/mol. The Balaban J connectivity index is 2.85. The molecule has 0 aliphatic rings. The first-order valence-corrected chi connectivity index (χ1v) is 5.49. The van der Waals surface area contributed by atoms with Crippen LogP contribution in [0.1, 0.15) is 31.1 Å². The Labute approximate surface area is 96.7 Å². The van der Waals surface area contributed by atoms with Crippen LogP contribution in [0, 0.1) is 5.92 Å². The van der Waals surface area contributed by atoms with Crippen molar-refractivity contribution in [3.05, 3.63) is 29.8 Å². The number of nitrogens with zero attached hydrogens (tertiary/aromatic N) is 1. The molecule has 1 rings (SSSR count). The topological polar surface area (TPSA) is 40.5 Å². The molecule has 3 heteroatoms. The van der Waals surface area contributed by atoms with Crippen LogP contribution in [0.15, 0.2) is 24.3 Å². The van der Waals surface area contributed by atoms with Crippen molar-refractivity contribution < 1.29 is 9.90 Å². The SMILES string of the molecule is CC(C)C(C)N(C)c1ccc(C(=O)O)cc1. The summed E-state index contributed by atoms with van der Waals surface area (Å²) in [5.74, 6) is -0.324. The third-order valence-corrected chi connectivity index (χ3v) is 3.10. The highest BCUT2D eigenvalue weighted by atomic mass is 16.4. The van der Waals surface area contributed by atoms with Crippen LogP contribution in [0.4, 0.5) is 5.69 Å². The van der Waals surface area contributed by atoms with Crippen LogP contribution in [0.5, 0.6) is 0 Å². The lowest BCUT2D eigenvalue weighted by atomic mass is 10.0. The summed E-state index contributed by atoms with van der Waals surface area (Å²) in [6.45, 7) is 6.51. The summed E-state index contributed by atoms with van der Waals surface area (Å²) in [6.07, 6.45) is 0. The monoisotopic (exact) mass is 221 g/mol. The minimum atomic E-state index is -0.883. The highest BCUT2D eigenvalue weighted by Gasteiger charge is 2.13. The Hall–Kier alpha value is -1.51. The van der Waals surface area contributed by atoms with E-state index in [4.69, 9.17) is 5.11 Å². The quantitative estimate of drug-likeness (QED) is 0.850. The standard InChI is InChI=1S/C13H19NO2/c1-9(2)10(3)14(4)12-7-5-11(6-8-12)13(15)16/h5-10H,1-4H3,(H,15,16). The molecular formula is C13H19NO2. The Bertz CT molecular complexity index is 357. The lowest BCUT2D eigenvalue weighted by molar-refractivity contribution is 0.0697. The van der Waals surface area contributed by atoms with Gasteiger partial charge in [-0.25, -0.2) is 4.79 Å². The zero-order valence-electron chi connectivity index (χ0n) is 10.3. The summed E-state index contributed by atoms with van der Waals surface area (Å²) in [7, 11) is 2.03. The van der Waals surface area contributed by atoms with Gasteiger partial charge in [-0.05, 0) is 37.1 Å². The normalized spacial score (nSPS) is 12.6. The fourth-order valence-corrected chi connectivity index (χ4v) is 1.52. The number of aromatic carboxylic acids is 1. The van der Waals surface area contributed by atoms with Gasteiger partial charge in [0.15, 0.2) is 0 Å². The minimum absolute atomic E-state index is 0.328. The molecular weight excluding hydrogens is 202 g/mol. The van der Waals surface area contributed by atoms with Gasteiger partial charge >= 0.3 is 5.97 Å². The van der Waals surface area contributed by atoms with E-state index in [1.807, 2.05) is 19.2 Å². The van der Waals surface area contributed by atoms with Crippen molar-refractivity contribution >= 4 is 11.7 Å². The van der Waals surface area contributed by atoms with Gasteiger partial charge in [0.2, 0.25) is 0 Å². The summed E-state index contributed by atoms with van der Waals surface area (Å²) in [6, 6.07) is 7.41. The largest absolute Gasteiger partial charge is 0.478 e. The number of carboxylic acid groups (broad SMARTS) is 1. The smallest absolute Gasteiger partial charge is 0.335 e. The van der Waals surface area contributed by atoms with E-state index in [0.717, 1.165) is 5.69 Å². The molecule has 0 radical (unpaired) electrons. The van der Waals surface area contributed by atoms with Crippen molar-refractivity contribution in [2.75, 3.05) is 11.9 Å². The summed E-state index contributed by atoms with van der Waals surface area (Å²) in [5, 5.41) is 8.80. The number of hydrogen-bond acceptors (Lipinski definition) is 2. The van der Waals surface area contributed by atoms with Crippen LogP contribution in [-0.2, 0) is 0 Å². The zero-order chi connectivity index (χ0) is 12.3. The van der Waals surface area contributed by atoms with Crippen molar-refractivity contribution in [3.8, 4) is 0 Å². The fourth-order valence-electron chi connectivity index (χ4n) is 1.52. The molecule has 0 bridgehead atoms. The molecule has 1 aromatic rings. The molecule has 0 saturated carbocycles. The van der Waals surface area contributed by atoms with E-state index in [0.29, 0.717) is 17.5 Å². The van der Waals surface area contributed by atoms with Crippen molar-refractivity contribution in [3.63, 3.8) is 0 Å². The second-order valence-electron chi connectivity index (χ2n) is 4.45. The molecule has 0 aliphatic heterocycles. The summed E-state index contributed by atoms with van der Waals surface area (Å²) in [4.78, 5) is 12.9. The number of carbonyl (C=O) groups is 1. The van der Waals surface area contributed by atoms with Gasteiger partial charge in [-0.3, -0.25) is 0 Å². The van der Waals surface area contributed by atoms with E-state index in [9.17, 15) is 4.79 Å². The van der Waals surface area contributed by atoms with Crippen LogP contribution >= 0.6 is 0 Å². The molecule has 0 heterocycles. The van der Waals surface area contributed by atoms with Gasteiger partial charge in [-0.1, -0.05) is 13.8 Å². The molecule has 0 aromatic heterocycles. The number of hydrogen-bond donors (Lipinski definition) is 1. The van der Waals surface area contributed by atoms with Crippen molar-refractivity contribution in [1.82, 2.24) is 0 Å². The van der Waals surface area contributed by atoms with Crippen LogP contribution in [0.25, 0.3) is 0 Å². The summed E-state index contributed by atoms with van der Waals surface area (Å²) >= 11 is 0. The van der Waals surface area contributed by atoms with Gasteiger partial charge in [-0.2, -0.15) is 0 Å². The molecule has 1 aromatic carbocycles. The maximum atomic E-state index is 10.7. The molecule has 0 spiro atoms. The molecule has 88 valence electrons. The second-order valence-corrected chi connectivity index (χ2v) is 4.45. The third-order valence-electron chi connectivity index (χ3n) is 3.10. The van der Waals surface area contributed by atoms with E-state index < -0.39 is 5.97 Å². The first-order valence-electron chi connectivity index (χ1n) is 5.49. The highest BCUT2D eigenvalue weighted by molar-refractivity contribution is 5.88. The zero-order valence-corrected chi connectivity index (χ0v) is 10.3. The maximum Gasteiger partial charge on any atom is 0.335 e. The van der Waals surface area contributed by atoms with Crippen molar-refractivity contribution in [2.24, 2.45) is 5.92 Å². The van der Waals surface area contributed by atoms with Crippen LogP contribution in [0.3, 0.4) is 0 Å². The molecule has 3 nitrogen and oxygen atoms in total. The van der Waals surface area contributed by atoms with Crippen LogP contribution in [-0.4, -0.2) is 24.2 Å². The molecule has 1 N–H and O–H groups in total. The maximum absolute atomic E-state index is 10.7. The first kappa shape index (κ1) is 12.6. The number of benzene rings is 1.